The van der Waals surface area contributed by atoms with E-state index in [1.807, 2.05) is 6.92 Å². The molecule has 0 unspecified atom stereocenters. The number of aromatic nitrogens is 2. The second-order valence-corrected chi connectivity index (χ2v) is 4.21. The van der Waals surface area contributed by atoms with Crippen LogP contribution >= 0.6 is 15.9 Å². The quantitative estimate of drug-likeness (QED) is 0.834. The molecule has 1 aromatic carbocycles. The van der Waals surface area contributed by atoms with Crippen LogP contribution in [0, 0.1) is 6.92 Å². The smallest absolute Gasteiger partial charge is 0.360 e. The van der Waals surface area contributed by atoms with Crippen LogP contribution in [0.1, 0.15) is 16.1 Å². The van der Waals surface area contributed by atoms with E-state index in [0.717, 1.165) is 10.0 Å². The lowest BCUT2D eigenvalue weighted by molar-refractivity contribution is 0.0688. The molecule has 0 bridgehead atoms. The molecular weight excluding hydrogens is 276 g/mol. The fourth-order valence-electron chi connectivity index (χ4n) is 1.40. The van der Waals surface area contributed by atoms with Gasteiger partial charge in [-0.3, -0.25) is 9.89 Å². The third-order valence-corrected chi connectivity index (χ3v) is 3.10. The third kappa shape index (κ3) is 1.61. The number of aromatic carboxylic acids is 1. The molecule has 2 aromatic rings. The van der Waals surface area contributed by atoms with E-state index in [-0.39, 0.29) is 0 Å². The molecule has 6 heteroatoms. The van der Waals surface area contributed by atoms with Crippen molar-refractivity contribution in [3.8, 4) is 0 Å². The van der Waals surface area contributed by atoms with Crippen LogP contribution < -0.4 is 5.43 Å². The number of H-pyrrole nitrogens is 1. The van der Waals surface area contributed by atoms with Gasteiger partial charge in [0.1, 0.15) is 0 Å². The Labute approximate surface area is 98.2 Å². The van der Waals surface area contributed by atoms with Gasteiger partial charge in [-0.15, -0.1) is 0 Å². The molecule has 0 aliphatic heterocycles. The fraction of sp³-hybridized carbons (Fsp3) is 0.100. The molecule has 0 spiro atoms. The van der Waals surface area contributed by atoms with Crippen molar-refractivity contribution in [3.05, 3.63) is 38.1 Å². The number of nitrogens with zero attached hydrogens (tertiary/aromatic N) is 1. The zero-order valence-corrected chi connectivity index (χ0v) is 9.83. The first-order chi connectivity index (χ1) is 7.50. The minimum atomic E-state index is -1.33. The molecule has 1 heterocycles. The number of carboxylic acid groups (broad SMARTS) is 1. The topological polar surface area (TPSA) is 83.1 Å². The summed E-state index contributed by atoms with van der Waals surface area (Å²) in [6.45, 7) is 1.87. The molecule has 0 radical (unpaired) electrons. The van der Waals surface area contributed by atoms with E-state index < -0.39 is 17.1 Å². The second kappa shape index (κ2) is 3.71. The predicted molar refractivity (Wildman–Crippen MR) is 61.8 cm³/mol. The molecule has 0 fully saturated rings. The highest BCUT2D eigenvalue weighted by Gasteiger charge is 2.14. The van der Waals surface area contributed by atoms with E-state index >= 15 is 0 Å². The maximum absolute atomic E-state index is 11.7. The fourth-order valence-corrected chi connectivity index (χ4v) is 1.74. The number of benzene rings is 1. The lowest BCUT2D eigenvalue weighted by atomic mass is 10.1. The molecule has 0 amide bonds. The van der Waals surface area contributed by atoms with Crippen molar-refractivity contribution in [2.24, 2.45) is 0 Å². The monoisotopic (exact) mass is 282 g/mol. The summed E-state index contributed by atoms with van der Waals surface area (Å²) in [4.78, 5) is 22.5. The maximum Gasteiger partial charge on any atom is 0.360 e. The molecular formula is C10H7BrN2O3. The van der Waals surface area contributed by atoms with Crippen molar-refractivity contribution >= 4 is 32.8 Å². The van der Waals surface area contributed by atoms with Crippen LogP contribution in [-0.2, 0) is 0 Å². The number of aromatic amines is 1. The van der Waals surface area contributed by atoms with Crippen molar-refractivity contribution in [2.45, 2.75) is 6.92 Å². The van der Waals surface area contributed by atoms with E-state index in [0.29, 0.717) is 10.9 Å². The van der Waals surface area contributed by atoms with Crippen LogP contribution in [0.3, 0.4) is 0 Å². The zero-order valence-electron chi connectivity index (χ0n) is 8.24. The number of halogens is 1. The highest BCUT2D eigenvalue weighted by Crippen LogP contribution is 2.20. The van der Waals surface area contributed by atoms with E-state index in [4.69, 9.17) is 5.11 Å². The first-order valence-corrected chi connectivity index (χ1v) is 5.22. The number of hydrogen-bond donors (Lipinski definition) is 2. The van der Waals surface area contributed by atoms with Gasteiger partial charge in [-0.05, 0) is 24.6 Å². The van der Waals surface area contributed by atoms with Crippen molar-refractivity contribution < 1.29 is 9.90 Å². The number of carboxylic acids is 1. The van der Waals surface area contributed by atoms with Crippen LogP contribution in [0.15, 0.2) is 21.4 Å². The Bertz CT molecular complexity index is 648. The predicted octanol–water partition coefficient (Wildman–Crippen LogP) is 1.69. The Morgan fingerprint density at radius 1 is 1.50 bits per heavy atom. The normalized spacial score (nSPS) is 10.6. The molecule has 5 nitrogen and oxygen atoms in total. The third-order valence-electron chi connectivity index (χ3n) is 2.25. The summed E-state index contributed by atoms with van der Waals surface area (Å²) in [6.07, 6.45) is 0. The first kappa shape index (κ1) is 10.8. The molecule has 82 valence electrons. The van der Waals surface area contributed by atoms with Gasteiger partial charge in [-0.25, -0.2) is 4.79 Å². The average molecular weight is 283 g/mol. The van der Waals surface area contributed by atoms with Crippen molar-refractivity contribution in [2.75, 3.05) is 0 Å². The highest BCUT2D eigenvalue weighted by molar-refractivity contribution is 9.10. The molecule has 16 heavy (non-hydrogen) atoms. The molecule has 0 aliphatic rings. The second-order valence-electron chi connectivity index (χ2n) is 3.35. The SMILES string of the molecule is Cc1cc2[nH]nc(C(=O)O)c(=O)c2cc1Br. The largest absolute Gasteiger partial charge is 0.476 e. The Kier molecular flexibility index (Phi) is 2.51. The lowest BCUT2D eigenvalue weighted by Crippen LogP contribution is -2.18. The minimum Gasteiger partial charge on any atom is -0.476 e. The van der Waals surface area contributed by atoms with Crippen LogP contribution in [0.2, 0.25) is 0 Å². The average Bonchev–Trinajstić information content (AvgIpc) is 2.21. The molecule has 0 atom stereocenters. The highest BCUT2D eigenvalue weighted by atomic mass is 79.9. The summed E-state index contributed by atoms with van der Waals surface area (Å²) in [6, 6.07) is 3.33. The van der Waals surface area contributed by atoms with Gasteiger partial charge in [0.25, 0.3) is 0 Å². The number of hydrogen-bond acceptors (Lipinski definition) is 3. The standard InChI is InChI=1S/C10H7BrN2O3/c1-4-2-7-5(3-6(4)11)9(14)8(10(15)16)13-12-7/h2-3H,1H3,(H,12,14)(H,15,16). The van der Waals surface area contributed by atoms with E-state index in [9.17, 15) is 9.59 Å². The van der Waals surface area contributed by atoms with Crippen LogP contribution in [0.25, 0.3) is 10.9 Å². The zero-order chi connectivity index (χ0) is 11.9. The van der Waals surface area contributed by atoms with Gasteiger partial charge in [-0.2, -0.15) is 5.10 Å². The van der Waals surface area contributed by atoms with Gasteiger partial charge in [0, 0.05) is 4.47 Å². The van der Waals surface area contributed by atoms with Gasteiger partial charge in [0.05, 0.1) is 10.9 Å². The molecule has 0 saturated heterocycles. The summed E-state index contributed by atoms with van der Waals surface area (Å²) >= 11 is 3.29. The number of carbonyl (C=O) groups is 1. The minimum absolute atomic E-state index is 0.310. The number of nitrogens with one attached hydrogen (secondary N) is 1. The molecule has 2 N–H and O–H groups in total. The maximum atomic E-state index is 11.7. The van der Waals surface area contributed by atoms with Crippen molar-refractivity contribution in [1.29, 1.82) is 0 Å². The summed E-state index contributed by atoms with van der Waals surface area (Å²) in [5.74, 6) is -1.33. The van der Waals surface area contributed by atoms with Crippen LogP contribution in [0.4, 0.5) is 0 Å². The number of fused-ring (bicyclic) bond motifs is 1. The van der Waals surface area contributed by atoms with E-state index in [1.165, 1.54) is 0 Å². The summed E-state index contributed by atoms with van der Waals surface area (Å²) in [5.41, 5.74) is 0.383. The Balaban J connectivity index is 2.90. The van der Waals surface area contributed by atoms with Crippen molar-refractivity contribution in [3.63, 3.8) is 0 Å². The Hall–Kier alpha value is -1.69. The first-order valence-electron chi connectivity index (χ1n) is 4.42. The van der Waals surface area contributed by atoms with Crippen molar-refractivity contribution in [1.82, 2.24) is 10.2 Å². The lowest BCUT2D eigenvalue weighted by Gasteiger charge is -2.02. The van der Waals surface area contributed by atoms with Gasteiger partial charge >= 0.3 is 5.97 Å². The summed E-state index contributed by atoms with van der Waals surface area (Å²) in [5, 5.41) is 15.1. The van der Waals surface area contributed by atoms with Crippen LogP contribution in [0.5, 0.6) is 0 Å². The summed E-state index contributed by atoms with van der Waals surface area (Å²) in [7, 11) is 0. The molecule has 0 aliphatic carbocycles. The van der Waals surface area contributed by atoms with Crippen LogP contribution in [-0.4, -0.2) is 21.3 Å². The van der Waals surface area contributed by atoms with E-state index in [1.54, 1.807) is 12.1 Å². The molecule has 0 saturated carbocycles. The Morgan fingerprint density at radius 3 is 2.81 bits per heavy atom. The number of aryl methyl sites for hydroxylation is 1. The van der Waals surface area contributed by atoms with Gasteiger partial charge in [0.15, 0.2) is 0 Å². The number of rotatable bonds is 1. The van der Waals surface area contributed by atoms with Gasteiger partial charge in [-0.1, -0.05) is 15.9 Å². The summed E-state index contributed by atoms with van der Waals surface area (Å²) < 4.78 is 0.757. The van der Waals surface area contributed by atoms with Gasteiger partial charge < -0.3 is 5.11 Å². The molecule has 1 aromatic heterocycles. The van der Waals surface area contributed by atoms with Gasteiger partial charge in [0.2, 0.25) is 11.1 Å². The Morgan fingerprint density at radius 2 is 2.19 bits per heavy atom. The van der Waals surface area contributed by atoms with E-state index in [2.05, 4.69) is 26.1 Å². The molecule has 2 rings (SSSR count).